The molecule has 0 unspecified atom stereocenters. The van der Waals surface area contributed by atoms with Crippen LogP contribution in [-0.2, 0) is 17.1 Å². The quantitative estimate of drug-likeness (QED) is 0.689. The molecule has 2 aliphatic rings. The summed E-state index contributed by atoms with van der Waals surface area (Å²) in [5.41, 5.74) is 1.06. The first-order valence-electron chi connectivity index (χ1n) is 5.50. The van der Waals surface area contributed by atoms with Crippen LogP contribution < -0.4 is 0 Å². The van der Waals surface area contributed by atoms with Crippen LogP contribution in [0.25, 0.3) is 0 Å². The second-order valence-electron chi connectivity index (χ2n) is 3.64. The van der Waals surface area contributed by atoms with Crippen molar-refractivity contribution in [3.05, 3.63) is 99.4 Å². The predicted molar refractivity (Wildman–Crippen MR) is 67.4 cm³/mol. The van der Waals surface area contributed by atoms with Gasteiger partial charge in [0.2, 0.25) is 0 Å². The van der Waals surface area contributed by atoms with Crippen LogP contribution in [0.1, 0.15) is 5.56 Å². The van der Waals surface area contributed by atoms with Gasteiger partial charge in [0.25, 0.3) is 0 Å². The van der Waals surface area contributed by atoms with Gasteiger partial charge in [0.1, 0.15) is 5.82 Å². The summed E-state index contributed by atoms with van der Waals surface area (Å²) in [5.74, 6) is 0.945. The zero-order chi connectivity index (χ0) is 11.9. The van der Waals surface area contributed by atoms with E-state index < -0.39 is 0 Å². The Kier molecular flexibility index (Phi) is 7.62. The number of hydrogen-bond acceptors (Lipinski definition) is 0. The molecule has 0 atom stereocenters. The molecule has 0 spiro atoms. The maximum atomic E-state index is 12.5. The Labute approximate surface area is 121 Å². The van der Waals surface area contributed by atoms with E-state index in [4.69, 9.17) is 0 Å². The zero-order valence-corrected chi connectivity index (χ0v) is 10.8. The summed E-state index contributed by atoms with van der Waals surface area (Å²) in [6, 6.07) is 6.51. The molecule has 0 N–H and O–H groups in total. The summed E-state index contributed by atoms with van der Waals surface area (Å²) < 4.78 is 12.5. The van der Waals surface area contributed by atoms with Crippen molar-refractivity contribution in [1.29, 1.82) is 0 Å². The minimum Gasteiger partial charge on any atom is -0.207 e. The molecule has 1 aromatic rings. The van der Waals surface area contributed by atoms with E-state index in [0.717, 1.165) is 11.5 Å². The third kappa shape index (κ3) is 5.12. The molecule has 0 aliphatic heterocycles. The molecule has 0 saturated heterocycles. The van der Waals surface area contributed by atoms with Crippen LogP contribution in [0.4, 0.5) is 4.39 Å². The fourth-order valence-electron chi connectivity index (χ4n) is 1.53. The Bertz CT molecular complexity index is 303. The van der Waals surface area contributed by atoms with Crippen molar-refractivity contribution < 1.29 is 21.5 Å². The largest absolute Gasteiger partial charge is 2.00 e. The Balaban J connectivity index is 0.000000230. The molecule has 0 bridgehead atoms. The summed E-state index contributed by atoms with van der Waals surface area (Å²) >= 11 is 0. The molecule has 10 radical (unpaired) electrons. The molecule has 2 saturated carbocycles. The zero-order valence-electron chi connectivity index (χ0n) is 9.74. The minimum atomic E-state index is -0.190. The summed E-state index contributed by atoms with van der Waals surface area (Å²) in [5, 5.41) is 0. The van der Waals surface area contributed by atoms with Crippen molar-refractivity contribution in [1.82, 2.24) is 0 Å². The van der Waals surface area contributed by atoms with Crippen molar-refractivity contribution >= 4 is 0 Å². The van der Waals surface area contributed by atoms with Gasteiger partial charge in [-0.15, -0.1) is 0 Å². The van der Waals surface area contributed by atoms with Gasteiger partial charge < -0.3 is 0 Å². The van der Waals surface area contributed by atoms with E-state index in [1.807, 2.05) is 57.8 Å². The van der Waals surface area contributed by atoms with Crippen LogP contribution >= 0.6 is 0 Å². The Morgan fingerprint density at radius 2 is 1.06 bits per heavy atom. The molecule has 0 heterocycles. The molecule has 2 aliphatic carbocycles. The van der Waals surface area contributed by atoms with Gasteiger partial charge in [0, 0.05) is 5.92 Å². The number of halogens is 1. The van der Waals surface area contributed by atoms with E-state index in [1.54, 1.807) is 12.1 Å². The molecule has 1 aromatic carbocycles. The van der Waals surface area contributed by atoms with Crippen molar-refractivity contribution in [2.45, 2.75) is 0 Å². The predicted octanol–water partition coefficient (Wildman–Crippen LogP) is 3.60. The Hall–Kier alpha value is -0.331. The monoisotopic (exact) mass is 280 g/mol. The molecule has 2 heteroatoms. The summed E-state index contributed by atoms with van der Waals surface area (Å²) in [4.78, 5) is 0. The van der Waals surface area contributed by atoms with Gasteiger partial charge in [0.05, 0.1) is 0 Å². The van der Waals surface area contributed by atoms with Gasteiger partial charge in [-0.3, -0.25) is 0 Å². The molecular weight excluding hydrogens is 267 g/mol. The van der Waals surface area contributed by atoms with E-state index in [-0.39, 0.29) is 22.9 Å². The van der Waals surface area contributed by atoms with Crippen molar-refractivity contribution in [3.8, 4) is 0 Å². The standard InChI is InChI=1S/C11H8F.C5H5.Fe/c12-11-7-5-10(6-8-11)9-3-1-2-4-9;1-2-4-5-3-1;/h1-8H;1-5H;/q;;+2. The minimum absolute atomic E-state index is 0. The first-order valence-corrected chi connectivity index (χ1v) is 5.50. The summed E-state index contributed by atoms with van der Waals surface area (Å²) in [6.45, 7) is 0. The third-order valence-corrected chi connectivity index (χ3v) is 2.40. The van der Waals surface area contributed by atoms with Gasteiger partial charge in [-0.25, -0.2) is 4.39 Å². The molecule has 0 amide bonds. The van der Waals surface area contributed by atoms with Gasteiger partial charge in [-0.1, -0.05) is 12.1 Å². The van der Waals surface area contributed by atoms with Gasteiger partial charge >= 0.3 is 17.1 Å². The maximum Gasteiger partial charge on any atom is 2.00 e. The van der Waals surface area contributed by atoms with Gasteiger partial charge in [-0.2, -0.15) is 0 Å². The van der Waals surface area contributed by atoms with Crippen molar-refractivity contribution in [3.63, 3.8) is 0 Å². The fourth-order valence-corrected chi connectivity index (χ4v) is 1.53. The third-order valence-electron chi connectivity index (χ3n) is 2.40. The number of rotatable bonds is 1. The van der Waals surface area contributed by atoms with Crippen LogP contribution in [0.15, 0.2) is 24.3 Å². The molecule has 2 fully saturated rings. The van der Waals surface area contributed by atoms with E-state index in [1.165, 1.54) is 12.1 Å². The van der Waals surface area contributed by atoms with Crippen LogP contribution in [0, 0.1) is 69.5 Å². The molecule has 0 nitrogen and oxygen atoms in total. The van der Waals surface area contributed by atoms with Crippen LogP contribution in [0.5, 0.6) is 0 Å². The molecule has 18 heavy (non-hydrogen) atoms. The van der Waals surface area contributed by atoms with Crippen molar-refractivity contribution in [2.24, 2.45) is 0 Å². The molecular formula is C16H13FFe+2. The van der Waals surface area contributed by atoms with Gasteiger partial charge in [0.15, 0.2) is 0 Å². The van der Waals surface area contributed by atoms with Crippen LogP contribution in [0.3, 0.4) is 0 Å². The first kappa shape index (κ1) is 15.7. The second kappa shape index (κ2) is 8.72. The van der Waals surface area contributed by atoms with Crippen molar-refractivity contribution in [2.75, 3.05) is 0 Å². The van der Waals surface area contributed by atoms with E-state index in [2.05, 4.69) is 0 Å². The SMILES string of the molecule is Fc1ccc([C]2[CH][CH][CH][CH]2)cc1.[CH]1[CH][CH][CH][CH]1.[Fe+2]. The van der Waals surface area contributed by atoms with Crippen LogP contribution in [-0.4, -0.2) is 0 Å². The second-order valence-corrected chi connectivity index (χ2v) is 3.64. The maximum absolute atomic E-state index is 12.5. The van der Waals surface area contributed by atoms with Crippen LogP contribution in [0.2, 0.25) is 0 Å². The van der Waals surface area contributed by atoms with Gasteiger partial charge in [-0.05, 0) is 75.5 Å². The Morgan fingerprint density at radius 3 is 1.50 bits per heavy atom. The molecule has 0 aromatic heterocycles. The number of benzene rings is 1. The molecule has 90 valence electrons. The number of hydrogen-bond donors (Lipinski definition) is 0. The summed E-state index contributed by atoms with van der Waals surface area (Å²) in [7, 11) is 0. The topological polar surface area (TPSA) is 0 Å². The van der Waals surface area contributed by atoms with E-state index in [9.17, 15) is 4.39 Å². The smallest absolute Gasteiger partial charge is 0.207 e. The fraction of sp³-hybridized carbons (Fsp3) is 0. The van der Waals surface area contributed by atoms with E-state index >= 15 is 0 Å². The first-order chi connectivity index (χ1) is 8.36. The average molecular weight is 280 g/mol. The van der Waals surface area contributed by atoms with E-state index in [0.29, 0.717) is 0 Å². The Morgan fingerprint density at radius 1 is 0.611 bits per heavy atom. The normalized spacial score (nSPS) is 18.9. The molecule has 3 rings (SSSR count). The summed E-state index contributed by atoms with van der Waals surface area (Å²) in [6.07, 6.45) is 18.0. The average Bonchev–Trinajstić information content (AvgIpc) is 3.06.